The Hall–Kier alpha value is -4.28. The first-order valence-corrected chi connectivity index (χ1v) is 10.0. The molecule has 0 spiro atoms. The normalized spacial score (nSPS) is 15.2. The van der Waals surface area contributed by atoms with Crippen LogP contribution in [0.4, 0.5) is 11.4 Å². The summed E-state index contributed by atoms with van der Waals surface area (Å²) in [6.45, 7) is 3.23. The second kappa shape index (κ2) is 9.90. The zero-order chi connectivity index (χ0) is 24.1. The second-order valence-corrected chi connectivity index (χ2v) is 7.61. The van der Waals surface area contributed by atoms with Crippen molar-refractivity contribution in [2.45, 2.75) is 20.3 Å². The molecule has 0 radical (unpaired) electrons. The van der Waals surface area contributed by atoms with Crippen LogP contribution in [0.15, 0.2) is 42.5 Å². The Morgan fingerprint density at radius 2 is 1.82 bits per heavy atom. The van der Waals surface area contributed by atoms with Crippen molar-refractivity contribution in [3.05, 3.63) is 69.3 Å². The molecule has 1 aliphatic heterocycles. The number of esters is 1. The number of aryl methyl sites for hydroxylation is 2. The number of carbonyl (C=O) groups excluding carboxylic acids is 4. The van der Waals surface area contributed by atoms with Gasteiger partial charge in [0, 0.05) is 29.8 Å². The average molecular weight is 454 g/mol. The third kappa shape index (κ3) is 5.91. The number of amides is 3. The van der Waals surface area contributed by atoms with Crippen molar-refractivity contribution in [2.75, 3.05) is 18.5 Å². The van der Waals surface area contributed by atoms with Crippen molar-refractivity contribution in [3.8, 4) is 0 Å². The number of nitrogens with zero attached hydrogens (tertiary/aromatic N) is 2. The molecule has 2 N–H and O–H groups in total. The minimum absolute atomic E-state index is 0.113. The fourth-order valence-electron chi connectivity index (χ4n) is 3.17. The van der Waals surface area contributed by atoms with E-state index in [-0.39, 0.29) is 24.2 Å². The molecule has 0 bridgehead atoms. The summed E-state index contributed by atoms with van der Waals surface area (Å²) in [6.07, 6.45) is -0.182. The summed E-state index contributed by atoms with van der Waals surface area (Å²) >= 11 is 0. The van der Waals surface area contributed by atoms with Gasteiger partial charge in [0.1, 0.15) is 0 Å². The molecule has 172 valence electrons. The average Bonchev–Trinajstić information content (AvgIpc) is 3.15. The van der Waals surface area contributed by atoms with Gasteiger partial charge in [0.15, 0.2) is 6.61 Å². The fraction of sp³-hybridized carbons (Fsp3) is 0.273. The van der Waals surface area contributed by atoms with Crippen LogP contribution < -0.4 is 10.7 Å². The summed E-state index contributed by atoms with van der Waals surface area (Å²) in [5, 5.41) is 14.3. The van der Waals surface area contributed by atoms with Gasteiger partial charge in [0.05, 0.1) is 17.4 Å². The number of nitro benzene ring substituents is 1. The van der Waals surface area contributed by atoms with Gasteiger partial charge in [-0.05, 0) is 49.2 Å². The number of nitrogens with one attached hydrogen (secondary N) is 2. The Kier molecular flexibility index (Phi) is 7.01. The van der Waals surface area contributed by atoms with E-state index in [0.717, 1.165) is 16.1 Å². The number of nitro groups is 1. The molecule has 11 nitrogen and oxygen atoms in total. The van der Waals surface area contributed by atoms with Crippen LogP contribution in [0.5, 0.6) is 0 Å². The van der Waals surface area contributed by atoms with Crippen molar-refractivity contribution in [3.63, 3.8) is 0 Å². The molecular weight excluding hydrogens is 432 g/mol. The van der Waals surface area contributed by atoms with Gasteiger partial charge in [-0.2, -0.15) is 0 Å². The number of benzene rings is 2. The minimum Gasteiger partial charge on any atom is -0.455 e. The van der Waals surface area contributed by atoms with Crippen molar-refractivity contribution in [2.24, 2.45) is 5.92 Å². The molecule has 1 saturated heterocycles. The van der Waals surface area contributed by atoms with E-state index in [9.17, 15) is 29.3 Å². The predicted octanol–water partition coefficient (Wildman–Crippen LogP) is 1.89. The van der Waals surface area contributed by atoms with Crippen molar-refractivity contribution >= 4 is 35.1 Å². The smallest absolute Gasteiger partial charge is 0.311 e. The van der Waals surface area contributed by atoms with Crippen LogP contribution in [-0.2, 0) is 19.1 Å². The summed E-state index contributed by atoms with van der Waals surface area (Å²) in [6, 6.07) is 10.3. The summed E-state index contributed by atoms with van der Waals surface area (Å²) in [7, 11) is 0. The highest BCUT2D eigenvalue weighted by Gasteiger charge is 2.36. The van der Waals surface area contributed by atoms with Crippen LogP contribution >= 0.6 is 0 Å². The fourth-order valence-corrected chi connectivity index (χ4v) is 3.17. The molecule has 11 heteroatoms. The highest BCUT2D eigenvalue weighted by molar-refractivity contribution is 5.97. The maximum atomic E-state index is 12.3. The predicted molar refractivity (Wildman–Crippen MR) is 116 cm³/mol. The van der Waals surface area contributed by atoms with Crippen LogP contribution in [0, 0.1) is 29.9 Å². The van der Waals surface area contributed by atoms with Crippen LogP contribution in [0.25, 0.3) is 0 Å². The second-order valence-electron chi connectivity index (χ2n) is 7.61. The number of carbonyl (C=O) groups is 4. The Balaban J connectivity index is 1.48. The number of hydrazine groups is 1. The topological polar surface area (TPSA) is 148 Å². The first kappa shape index (κ1) is 23.4. The summed E-state index contributed by atoms with van der Waals surface area (Å²) in [4.78, 5) is 58.9. The van der Waals surface area contributed by atoms with Gasteiger partial charge in [0.2, 0.25) is 5.91 Å². The Labute approximate surface area is 188 Å². The first-order chi connectivity index (χ1) is 15.6. The number of hydrogen-bond donors (Lipinski definition) is 2. The lowest BCUT2D eigenvalue weighted by atomic mass is 10.1. The summed E-state index contributed by atoms with van der Waals surface area (Å²) in [5.74, 6) is -3.24. The highest BCUT2D eigenvalue weighted by Crippen LogP contribution is 2.19. The van der Waals surface area contributed by atoms with Gasteiger partial charge in [-0.15, -0.1) is 0 Å². The standard InChI is InChI=1S/C22H22N4O7/c1-13-3-6-17(9-14(13)2)23-19(27)12-33-22(30)16-10-20(28)25(11-16)24-21(29)15-4-7-18(8-5-15)26(31)32/h3-9,16H,10-12H2,1-2H3,(H,23,27)(H,24,29)/t16-/m1/s1. The molecule has 0 aliphatic carbocycles. The third-order valence-corrected chi connectivity index (χ3v) is 5.17. The zero-order valence-electron chi connectivity index (χ0n) is 18.0. The van der Waals surface area contributed by atoms with Crippen LogP contribution in [0.2, 0.25) is 0 Å². The quantitative estimate of drug-likeness (QED) is 0.369. The molecule has 1 aliphatic rings. The molecule has 1 atom stereocenters. The van der Waals surface area contributed by atoms with E-state index in [1.165, 1.54) is 24.3 Å². The van der Waals surface area contributed by atoms with Crippen LogP contribution in [0.1, 0.15) is 27.9 Å². The number of hydrogen-bond acceptors (Lipinski definition) is 7. The van der Waals surface area contributed by atoms with E-state index in [1.807, 2.05) is 19.9 Å². The van der Waals surface area contributed by atoms with Gasteiger partial charge in [-0.1, -0.05) is 6.07 Å². The van der Waals surface area contributed by atoms with Gasteiger partial charge < -0.3 is 10.1 Å². The molecule has 0 saturated carbocycles. The monoisotopic (exact) mass is 454 g/mol. The SMILES string of the molecule is Cc1ccc(NC(=O)COC(=O)[C@@H]2CC(=O)N(NC(=O)c3ccc([N+](=O)[O-])cc3)C2)cc1C. The Bertz CT molecular complexity index is 1110. The van der Waals surface area contributed by atoms with E-state index < -0.39 is 41.1 Å². The zero-order valence-corrected chi connectivity index (χ0v) is 18.0. The van der Waals surface area contributed by atoms with E-state index in [4.69, 9.17) is 4.74 Å². The van der Waals surface area contributed by atoms with Crippen LogP contribution in [-0.4, -0.2) is 46.8 Å². The number of non-ortho nitro benzene ring substituents is 1. The van der Waals surface area contributed by atoms with E-state index >= 15 is 0 Å². The van der Waals surface area contributed by atoms with Gasteiger partial charge in [0.25, 0.3) is 17.5 Å². The first-order valence-electron chi connectivity index (χ1n) is 10.0. The molecule has 2 aromatic rings. The molecule has 2 aromatic carbocycles. The van der Waals surface area contributed by atoms with Crippen LogP contribution in [0.3, 0.4) is 0 Å². The lowest BCUT2D eigenvalue weighted by Gasteiger charge is -2.17. The molecule has 0 unspecified atom stereocenters. The van der Waals surface area contributed by atoms with Crippen molar-refractivity contribution < 1.29 is 28.8 Å². The lowest BCUT2D eigenvalue weighted by Crippen LogP contribution is -2.43. The lowest BCUT2D eigenvalue weighted by molar-refractivity contribution is -0.384. The summed E-state index contributed by atoms with van der Waals surface area (Å²) in [5.41, 5.74) is 4.98. The Morgan fingerprint density at radius 3 is 2.45 bits per heavy atom. The summed E-state index contributed by atoms with van der Waals surface area (Å²) < 4.78 is 5.03. The van der Waals surface area contributed by atoms with E-state index in [2.05, 4.69) is 10.7 Å². The molecule has 3 amide bonds. The molecule has 1 fully saturated rings. The molecule has 0 aromatic heterocycles. The maximum Gasteiger partial charge on any atom is 0.311 e. The number of anilines is 1. The molecule has 3 rings (SSSR count). The molecule has 33 heavy (non-hydrogen) atoms. The van der Waals surface area contributed by atoms with Gasteiger partial charge in [-0.3, -0.25) is 39.7 Å². The third-order valence-electron chi connectivity index (χ3n) is 5.17. The van der Waals surface area contributed by atoms with E-state index in [1.54, 1.807) is 12.1 Å². The van der Waals surface area contributed by atoms with E-state index in [0.29, 0.717) is 5.69 Å². The van der Waals surface area contributed by atoms with Crippen molar-refractivity contribution in [1.82, 2.24) is 10.4 Å². The maximum absolute atomic E-state index is 12.3. The highest BCUT2D eigenvalue weighted by atomic mass is 16.6. The molecular formula is C22H22N4O7. The number of rotatable bonds is 7. The van der Waals surface area contributed by atoms with Gasteiger partial charge >= 0.3 is 5.97 Å². The minimum atomic E-state index is -0.843. The molecule has 1 heterocycles. The van der Waals surface area contributed by atoms with Crippen molar-refractivity contribution in [1.29, 1.82) is 0 Å². The largest absolute Gasteiger partial charge is 0.455 e. The number of ether oxygens (including phenoxy) is 1. The Morgan fingerprint density at radius 1 is 1.12 bits per heavy atom. The van der Waals surface area contributed by atoms with Gasteiger partial charge in [-0.25, -0.2) is 0 Å².